The van der Waals surface area contributed by atoms with Crippen molar-refractivity contribution in [3.63, 3.8) is 0 Å². The van der Waals surface area contributed by atoms with Gasteiger partial charge in [0, 0.05) is 38.7 Å². The third kappa shape index (κ3) is 11.1. The van der Waals surface area contributed by atoms with Gasteiger partial charge in [0.1, 0.15) is 12.2 Å². The van der Waals surface area contributed by atoms with E-state index in [-0.39, 0.29) is 55.1 Å². The Kier molecular flexibility index (Phi) is 14.3. The molecular weight excluding hydrogens is 486 g/mol. The molecule has 216 valence electrons. The number of aliphatic hydroxyl groups is 1. The Morgan fingerprint density at radius 3 is 2.43 bits per heavy atom. The normalized spacial score (nSPS) is 27.1. The molecule has 7 nitrogen and oxygen atoms in total. The van der Waals surface area contributed by atoms with Crippen LogP contribution in [-0.2, 0) is 28.5 Å². The maximum Gasteiger partial charge on any atom is 0.305 e. The number of esters is 2. The fourth-order valence-electron chi connectivity index (χ4n) is 5.69. The summed E-state index contributed by atoms with van der Waals surface area (Å²) in [5.41, 5.74) is 0. The first-order valence-electron chi connectivity index (χ1n) is 14.2. The lowest BCUT2D eigenvalue weighted by Crippen LogP contribution is -2.36. The van der Waals surface area contributed by atoms with Crippen molar-refractivity contribution in [3.05, 3.63) is 0 Å². The van der Waals surface area contributed by atoms with E-state index in [2.05, 4.69) is 4.74 Å². The molecule has 0 amide bonds. The lowest BCUT2D eigenvalue weighted by atomic mass is 9.84. The number of halogens is 2. The molecule has 6 atom stereocenters. The number of hydrogen-bond donors (Lipinski definition) is 1. The Morgan fingerprint density at radius 1 is 1.05 bits per heavy atom. The summed E-state index contributed by atoms with van der Waals surface area (Å²) in [6, 6.07) is 0. The van der Waals surface area contributed by atoms with Crippen LogP contribution in [0.2, 0.25) is 0 Å². The summed E-state index contributed by atoms with van der Waals surface area (Å²) in [5, 5.41) is 10.4. The van der Waals surface area contributed by atoms with Gasteiger partial charge >= 0.3 is 11.9 Å². The Bertz CT molecular complexity index is 669. The van der Waals surface area contributed by atoms with Crippen molar-refractivity contribution >= 4 is 11.9 Å². The highest BCUT2D eigenvalue weighted by Crippen LogP contribution is 2.44. The van der Waals surface area contributed by atoms with E-state index in [9.17, 15) is 23.5 Å². The predicted molar refractivity (Wildman–Crippen MR) is 135 cm³/mol. The Labute approximate surface area is 220 Å². The minimum atomic E-state index is -3.12. The van der Waals surface area contributed by atoms with Crippen LogP contribution in [0.1, 0.15) is 110 Å². The quantitative estimate of drug-likeness (QED) is 0.182. The fourth-order valence-corrected chi connectivity index (χ4v) is 5.69. The van der Waals surface area contributed by atoms with Crippen molar-refractivity contribution in [2.45, 2.75) is 141 Å². The average molecular weight is 535 g/mol. The second-order valence-electron chi connectivity index (χ2n) is 10.7. The summed E-state index contributed by atoms with van der Waals surface area (Å²) in [5.74, 6) is -3.88. The Balaban J connectivity index is 2.06. The summed E-state index contributed by atoms with van der Waals surface area (Å²) >= 11 is 0. The van der Waals surface area contributed by atoms with Gasteiger partial charge in [0.25, 0.3) is 5.92 Å². The van der Waals surface area contributed by atoms with Crippen LogP contribution in [0.3, 0.4) is 0 Å². The molecule has 0 aromatic heterocycles. The zero-order chi connectivity index (χ0) is 27.3. The lowest BCUT2D eigenvalue weighted by Gasteiger charge is -2.32. The molecule has 1 aliphatic heterocycles. The summed E-state index contributed by atoms with van der Waals surface area (Å²) in [7, 11) is 1.38. The molecule has 0 aromatic rings. The molecule has 0 bridgehead atoms. The zero-order valence-corrected chi connectivity index (χ0v) is 22.9. The number of aliphatic hydroxyl groups excluding tert-OH is 1. The van der Waals surface area contributed by atoms with E-state index in [4.69, 9.17) is 14.2 Å². The summed E-state index contributed by atoms with van der Waals surface area (Å²) in [6.07, 6.45) is 6.15. The molecular formula is C28H48F2O7. The molecule has 1 saturated carbocycles. The maximum absolute atomic E-state index is 14.5. The van der Waals surface area contributed by atoms with Gasteiger partial charge in [0.2, 0.25) is 0 Å². The van der Waals surface area contributed by atoms with Crippen molar-refractivity contribution in [3.8, 4) is 0 Å². The first-order chi connectivity index (χ1) is 17.7. The van der Waals surface area contributed by atoms with Crippen molar-refractivity contribution in [1.29, 1.82) is 0 Å². The van der Waals surface area contributed by atoms with E-state index in [1.807, 2.05) is 6.92 Å². The highest BCUT2D eigenvalue weighted by molar-refractivity contribution is 5.69. The standard InChI is InChI=1S/C28H48F2O7/c1-4-5-17-28(29,30)25(32)16-15-22-21(12-8-6-7-9-13-26(33)34-3)23(36-20(2)31)19-24(22)37-27-14-10-11-18-35-27/h21-25,27,32H,4-19H2,1-3H3/t21-,22-,23+,24-,25?,27?/m1/s1. The van der Waals surface area contributed by atoms with Crippen molar-refractivity contribution in [2.75, 3.05) is 13.7 Å². The number of rotatable bonds is 17. The number of methoxy groups -OCH3 is 1. The van der Waals surface area contributed by atoms with Crippen LogP contribution in [0.4, 0.5) is 8.78 Å². The smallest absolute Gasteiger partial charge is 0.305 e. The molecule has 9 heteroatoms. The van der Waals surface area contributed by atoms with Crippen molar-refractivity contribution in [2.24, 2.45) is 11.8 Å². The third-order valence-corrected chi connectivity index (χ3v) is 7.77. The molecule has 2 aliphatic rings. The van der Waals surface area contributed by atoms with Gasteiger partial charge in [-0.2, -0.15) is 0 Å². The minimum absolute atomic E-state index is 0.0326. The fraction of sp³-hybridized carbons (Fsp3) is 0.929. The van der Waals surface area contributed by atoms with E-state index in [0.29, 0.717) is 38.7 Å². The average Bonchev–Trinajstić information content (AvgIpc) is 3.18. The molecule has 1 N–H and O–H groups in total. The molecule has 1 aliphatic carbocycles. The summed E-state index contributed by atoms with van der Waals surface area (Å²) in [4.78, 5) is 23.2. The van der Waals surface area contributed by atoms with Crippen LogP contribution < -0.4 is 0 Å². The Morgan fingerprint density at radius 2 is 1.78 bits per heavy atom. The first-order valence-corrected chi connectivity index (χ1v) is 14.2. The molecule has 2 fully saturated rings. The monoisotopic (exact) mass is 534 g/mol. The maximum atomic E-state index is 14.5. The molecule has 1 saturated heterocycles. The molecule has 0 spiro atoms. The summed E-state index contributed by atoms with van der Waals surface area (Å²) in [6.45, 7) is 3.87. The predicted octanol–water partition coefficient (Wildman–Crippen LogP) is 5.95. The largest absolute Gasteiger partial charge is 0.469 e. The van der Waals surface area contributed by atoms with Crippen LogP contribution in [0.25, 0.3) is 0 Å². The van der Waals surface area contributed by atoms with Gasteiger partial charge in [-0.3, -0.25) is 9.59 Å². The van der Waals surface area contributed by atoms with E-state index < -0.39 is 12.0 Å². The van der Waals surface area contributed by atoms with E-state index in [0.717, 1.165) is 51.4 Å². The molecule has 2 unspecified atom stereocenters. The van der Waals surface area contributed by atoms with Crippen molar-refractivity contribution < 1.29 is 42.4 Å². The first kappa shape index (κ1) is 31.9. The van der Waals surface area contributed by atoms with Gasteiger partial charge in [-0.1, -0.05) is 32.6 Å². The number of carbonyl (C=O) groups excluding carboxylic acids is 2. The minimum Gasteiger partial charge on any atom is -0.469 e. The number of unbranched alkanes of at least 4 members (excludes halogenated alkanes) is 4. The van der Waals surface area contributed by atoms with Crippen LogP contribution in [0.5, 0.6) is 0 Å². The van der Waals surface area contributed by atoms with Crippen molar-refractivity contribution in [1.82, 2.24) is 0 Å². The molecule has 0 radical (unpaired) electrons. The SMILES string of the molecule is CCCCC(F)(F)C(O)CC[C@@H]1[C@@H](CCCCCCC(=O)OC)[C@@H](OC(C)=O)C[C@H]1OC1CCCCO1. The van der Waals surface area contributed by atoms with Gasteiger partial charge in [-0.05, 0) is 57.3 Å². The van der Waals surface area contributed by atoms with E-state index >= 15 is 0 Å². The molecule has 0 aromatic carbocycles. The van der Waals surface area contributed by atoms with Crippen LogP contribution >= 0.6 is 0 Å². The van der Waals surface area contributed by atoms with Gasteiger partial charge < -0.3 is 24.1 Å². The number of hydrogen-bond acceptors (Lipinski definition) is 7. The molecule has 37 heavy (non-hydrogen) atoms. The zero-order valence-electron chi connectivity index (χ0n) is 22.9. The topological polar surface area (TPSA) is 91.3 Å². The highest BCUT2D eigenvalue weighted by atomic mass is 19.3. The number of ether oxygens (including phenoxy) is 4. The van der Waals surface area contributed by atoms with Crippen LogP contribution in [0.15, 0.2) is 0 Å². The van der Waals surface area contributed by atoms with Gasteiger partial charge in [0.15, 0.2) is 6.29 Å². The second kappa shape index (κ2) is 16.6. The Hall–Kier alpha value is -1.32. The highest BCUT2D eigenvalue weighted by Gasteiger charge is 2.47. The van der Waals surface area contributed by atoms with Gasteiger partial charge in [-0.15, -0.1) is 0 Å². The second-order valence-corrected chi connectivity index (χ2v) is 10.7. The van der Waals surface area contributed by atoms with E-state index in [1.165, 1.54) is 14.0 Å². The van der Waals surface area contributed by atoms with E-state index in [1.54, 1.807) is 0 Å². The lowest BCUT2D eigenvalue weighted by molar-refractivity contribution is -0.197. The van der Waals surface area contributed by atoms with Gasteiger partial charge in [-0.25, -0.2) is 8.78 Å². The number of carbonyl (C=O) groups is 2. The number of alkyl halides is 2. The molecule has 1 heterocycles. The summed E-state index contributed by atoms with van der Waals surface area (Å²) < 4.78 is 51.5. The molecule has 2 rings (SSSR count). The third-order valence-electron chi connectivity index (χ3n) is 7.77. The van der Waals surface area contributed by atoms with Gasteiger partial charge in [0.05, 0.1) is 13.2 Å². The van der Waals surface area contributed by atoms with Crippen LogP contribution in [-0.4, -0.2) is 61.3 Å². The van der Waals surface area contributed by atoms with Crippen LogP contribution in [0, 0.1) is 11.8 Å².